The Kier molecular flexibility index (Phi) is 4.67. The third-order valence-electron chi connectivity index (χ3n) is 3.28. The minimum Gasteiger partial charge on any atom is -0.492 e. The van der Waals surface area contributed by atoms with E-state index in [1.165, 1.54) is 9.88 Å². The van der Waals surface area contributed by atoms with Crippen molar-refractivity contribution in [2.75, 3.05) is 31.2 Å². The molecule has 0 amide bonds. The first-order chi connectivity index (χ1) is 9.47. The van der Waals surface area contributed by atoms with Crippen molar-refractivity contribution in [3.63, 3.8) is 0 Å². The van der Waals surface area contributed by atoms with Gasteiger partial charge in [0.15, 0.2) is 0 Å². The van der Waals surface area contributed by atoms with Gasteiger partial charge < -0.3 is 10.5 Å². The summed E-state index contributed by atoms with van der Waals surface area (Å²) >= 11 is 0. The average Bonchev–Trinajstić information content (AvgIpc) is 2.41. The highest BCUT2D eigenvalue weighted by Gasteiger charge is 2.23. The number of hydrogen-bond donors (Lipinski definition) is 1. The van der Waals surface area contributed by atoms with Gasteiger partial charge in [-0.15, -0.1) is 0 Å². The second-order valence-corrected chi connectivity index (χ2v) is 6.98. The summed E-state index contributed by atoms with van der Waals surface area (Å²) in [5.74, 6) is 0.619. The highest BCUT2D eigenvalue weighted by Crippen LogP contribution is 2.15. The molecule has 0 radical (unpaired) electrons. The molecular formula is C14H20N2O3S. The Morgan fingerprint density at radius 1 is 1.30 bits per heavy atom. The largest absolute Gasteiger partial charge is 0.492 e. The van der Waals surface area contributed by atoms with Gasteiger partial charge in [-0.25, -0.2) is 8.42 Å². The maximum atomic E-state index is 12.1. The van der Waals surface area contributed by atoms with Crippen LogP contribution in [0.25, 0.3) is 0 Å². The van der Waals surface area contributed by atoms with Crippen molar-refractivity contribution >= 4 is 15.7 Å². The van der Waals surface area contributed by atoms with Crippen molar-refractivity contribution in [1.82, 2.24) is 4.31 Å². The van der Waals surface area contributed by atoms with Gasteiger partial charge in [0, 0.05) is 18.8 Å². The summed E-state index contributed by atoms with van der Waals surface area (Å²) in [6.45, 7) is 3.20. The van der Waals surface area contributed by atoms with Gasteiger partial charge in [0.05, 0.1) is 5.75 Å². The zero-order valence-electron chi connectivity index (χ0n) is 11.6. The fraction of sp³-hybridized carbons (Fsp3) is 0.429. The molecule has 1 aliphatic heterocycles. The van der Waals surface area contributed by atoms with Crippen LogP contribution in [0.3, 0.4) is 0 Å². The molecule has 0 spiro atoms. The number of benzene rings is 1. The predicted molar refractivity (Wildman–Crippen MR) is 80.1 cm³/mol. The van der Waals surface area contributed by atoms with E-state index < -0.39 is 10.0 Å². The smallest absolute Gasteiger partial charge is 0.217 e. The van der Waals surface area contributed by atoms with Crippen LogP contribution in [0.1, 0.15) is 13.3 Å². The molecule has 0 unspecified atom stereocenters. The second kappa shape index (κ2) is 6.28. The third kappa shape index (κ3) is 3.98. The van der Waals surface area contributed by atoms with Crippen molar-refractivity contribution in [1.29, 1.82) is 0 Å². The van der Waals surface area contributed by atoms with Gasteiger partial charge in [-0.05, 0) is 37.6 Å². The Balaban J connectivity index is 1.85. The molecule has 0 aromatic heterocycles. The molecule has 20 heavy (non-hydrogen) atoms. The zero-order valence-corrected chi connectivity index (χ0v) is 12.4. The van der Waals surface area contributed by atoms with Gasteiger partial charge in [-0.2, -0.15) is 4.31 Å². The Hall–Kier alpha value is -1.53. The van der Waals surface area contributed by atoms with Crippen molar-refractivity contribution in [2.24, 2.45) is 0 Å². The van der Waals surface area contributed by atoms with E-state index >= 15 is 0 Å². The number of nitrogen functional groups attached to an aromatic ring is 1. The van der Waals surface area contributed by atoms with Gasteiger partial charge in [0.25, 0.3) is 0 Å². The molecule has 2 rings (SSSR count). The van der Waals surface area contributed by atoms with Crippen LogP contribution < -0.4 is 10.5 Å². The molecule has 1 aromatic rings. The quantitative estimate of drug-likeness (QED) is 0.662. The van der Waals surface area contributed by atoms with E-state index in [-0.39, 0.29) is 12.4 Å². The molecule has 2 N–H and O–H groups in total. The maximum Gasteiger partial charge on any atom is 0.217 e. The Morgan fingerprint density at radius 3 is 2.60 bits per heavy atom. The molecule has 1 aliphatic rings. The molecule has 0 saturated carbocycles. The maximum absolute atomic E-state index is 12.1. The minimum absolute atomic E-state index is 0.00966. The highest BCUT2D eigenvalue weighted by molar-refractivity contribution is 7.89. The van der Waals surface area contributed by atoms with E-state index in [9.17, 15) is 8.42 Å². The number of anilines is 1. The topological polar surface area (TPSA) is 72.6 Å². The van der Waals surface area contributed by atoms with Gasteiger partial charge in [-0.1, -0.05) is 11.6 Å². The van der Waals surface area contributed by atoms with Gasteiger partial charge >= 0.3 is 0 Å². The number of hydrogen-bond acceptors (Lipinski definition) is 4. The lowest BCUT2D eigenvalue weighted by molar-refractivity contribution is 0.335. The summed E-state index contributed by atoms with van der Waals surface area (Å²) in [4.78, 5) is 0. The standard InChI is InChI=1S/C14H20N2O3S/c1-12-6-8-16(9-7-12)20(17,18)11-10-19-14-4-2-13(15)3-5-14/h2-6H,7-11,15H2,1H3. The summed E-state index contributed by atoms with van der Waals surface area (Å²) in [5.41, 5.74) is 7.47. The van der Waals surface area contributed by atoms with Crippen LogP contribution in [0, 0.1) is 0 Å². The normalized spacial score (nSPS) is 16.8. The summed E-state index contributed by atoms with van der Waals surface area (Å²) in [6.07, 6.45) is 2.76. The molecule has 6 heteroatoms. The lowest BCUT2D eigenvalue weighted by Gasteiger charge is -2.24. The van der Waals surface area contributed by atoms with Crippen LogP contribution in [0.4, 0.5) is 5.69 Å². The second-order valence-electron chi connectivity index (χ2n) is 4.89. The van der Waals surface area contributed by atoms with E-state index in [2.05, 4.69) is 0 Å². The number of sulfonamides is 1. The van der Waals surface area contributed by atoms with Crippen molar-refractivity contribution in [3.05, 3.63) is 35.9 Å². The molecule has 0 atom stereocenters. The number of rotatable bonds is 5. The Morgan fingerprint density at radius 2 is 2.00 bits per heavy atom. The van der Waals surface area contributed by atoms with Crippen LogP contribution in [0.2, 0.25) is 0 Å². The van der Waals surface area contributed by atoms with Crippen LogP contribution in [0.5, 0.6) is 5.75 Å². The molecule has 5 nitrogen and oxygen atoms in total. The van der Waals surface area contributed by atoms with E-state index in [1.54, 1.807) is 24.3 Å². The summed E-state index contributed by atoms with van der Waals surface area (Å²) in [7, 11) is -3.25. The molecule has 110 valence electrons. The number of nitrogens with zero attached hydrogens (tertiary/aromatic N) is 1. The number of ether oxygens (including phenoxy) is 1. The minimum atomic E-state index is -3.25. The molecular weight excluding hydrogens is 276 g/mol. The van der Waals surface area contributed by atoms with Gasteiger partial charge in [-0.3, -0.25) is 0 Å². The molecule has 1 aromatic carbocycles. The first-order valence-corrected chi connectivity index (χ1v) is 8.20. The van der Waals surface area contributed by atoms with E-state index in [4.69, 9.17) is 10.5 Å². The van der Waals surface area contributed by atoms with Gasteiger partial charge in [0.2, 0.25) is 10.0 Å². The first-order valence-electron chi connectivity index (χ1n) is 6.59. The molecule has 0 fully saturated rings. The highest BCUT2D eigenvalue weighted by atomic mass is 32.2. The van der Waals surface area contributed by atoms with Crippen LogP contribution in [-0.4, -0.2) is 38.2 Å². The molecule has 0 bridgehead atoms. The van der Waals surface area contributed by atoms with Crippen molar-refractivity contribution in [2.45, 2.75) is 13.3 Å². The molecule has 0 aliphatic carbocycles. The van der Waals surface area contributed by atoms with E-state index in [0.29, 0.717) is 24.5 Å². The predicted octanol–water partition coefficient (Wildman–Crippen LogP) is 1.63. The monoisotopic (exact) mass is 296 g/mol. The first kappa shape index (κ1) is 14.9. The number of nitrogens with two attached hydrogens (primary N) is 1. The Labute approximate surface area is 120 Å². The summed E-state index contributed by atoms with van der Waals surface area (Å²) in [6, 6.07) is 6.91. The Bertz CT molecular complexity index is 579. The average molecular weight is 296 g/mol. The van der Waals surface area contributed by atoms with Crippen LogP contribution >= 0.6 is 0 Å². The van der Waals surface area contributed by atoms with Crippen LogP contribution in [0.15, 0.2) is 35.9 Å². The molecule has 1 heterocycles. The fourth-order valence-corrected chi connectivity index (χ4v) is 3.19. The fourth-order valence-electron chi connectivity index (χ4n) is 1.96. The van der Waals surface area contributed by atoms with Crippen molar-refractivity contribution < 1.29 is 13.2 Å². The zero-order chi connectivity index (χ0) is 14.6. The lowest BCUT2D eigenvalue weighted by atomic mass is 10.1. The van der Waals surface area contributed by atoms with E-state index in [1.807, 2.05) is 13.0 Å². The van der Waals surface area contributed by atoms with E-state index in [0.717, 1.165) is 6.42 Å². The van der Waals surface area contributed by atoms with Crippen LogP contribution in [-0.2, 0) is 10.0 Å². The summed E-state index contributed by atoms with van der Waals surface area (Å²) < 4.78 is 31.2. The summed E-state index contributed by atoms with van der Waals surface area (Å²) in [5, 5.41) is 0. The lowest BCUT2D eigenvalue weighted by Crippen LogP contribution is -2.37. The third-order valence-corrected chi connectivity index (χ3v) is 5.08. The van der Waals surface area contributed by atoms with Crippen molar-refractivity contribution in [3.8, 4) is 5.75 Å². The van der Waals surface area contributed by atoms with Gasteiger partial charge in [0.1, 0.15) is 12.4 Å². The SMILES string of the molecule is CC1=CCN(S(=O)(=O)CCOc2ccc(N)cc2)CC1. The molecule has 0 saturated heterocycles.